The summed E-state index contributed by atoms with van der Waals surface area (Å²) in [7, 11) is 0. The Balaban J connectivity index is 2.06. The molecule has 5 heteroatoms. The average molecular weight is 315 g/mol. The number of nitrogens with zero attached hydrogens (tertiary/aromatic N) is 2. The molecule has 0 radical (unpaired) electrons. The molecule has 1 aromatic heterocycles. The molecule has 0 fully saturated rings. The lowest BCUT2D eigenvalue weighted by atomic mass is 10.2. The molecule has 1 amide bonds. The van der Waals surface area contributed by atoms with Crippen LogP contribution in [-0.4, -0.2) is 24.0 Å². The number of aromatic nitrogens is 1. The Kier molecular flexibility index (Phi) is 6.09. The number of anilines is 2. The highest BCUT2D eigenvalue weighted by atomic mass is 19.1. The van der Waals surface area contributed by atoms with E-state index in [0.717, 1.165) is 31.7 Å². The lowest BCUT2D eigenvalue weighted by molar-refractivity contribution is 0.102. The molecule has 0 saturated heterocycles. The Labute approximate surface area is 136 Å². The number of rotatable bonds is 7. The number of carbonyl (C=O) groups excluding carboxylic acids is 1. The molecular formula is C18H22FN3O. The predicted molar refractivity (Wildman–Crippen MR) is 91.4 cm³/mol. The Hall–Kier alpha value is -2.43. The van der Waals surface area contributed by atoms with Crippen LogP contribution in [0.4, 0.5) is 15.9 Å². The second-order valence-corrected chi connectivity index (χ2v) is 5.36. The molecule has 2 rings (SSSR count). The van der Waals surface area contributed by atoms with Crippen molar-refractivity contribution in [3.8, 4) is 0 Å². The molecule has 23 heavy (non-hydrogen) atoms. The second kappa shape index (κ2) is 8.27. The van der Waals surface area contributed by atoms with E-state index in [2.05, 4.69) is 29.0 Å². The van der Waals surface area contributed by atoms with E-state index in [0.29, 0.717) is 5.69 Å². The van der Waals surface area contributed by atoms with Gasteiger partial charge < -0.3 is 10.2 Å². The largest absolute Gasteiger partial charge is 0.357 e. The quantitative estimate of drug-likeness (QED) is 0.836. The topological polar surface area (TPSA) is 45.2 Å². The number of benzene rings is 1. The number of hydrogen-bond acceptors (Lipinski definition) is 3. The van der Waals surface area contributed by atoms with E-state index in [-0.39, 0.29) is 11.5 Å². The molecule has 4 nitrogen and oxygen atoms in total. The van der Waals surface area contributed by atoms with Crippen LogP contribution < -0.4 is 10.2 Å². The van der Waals surface area contributed by atoms with Crippen LogP contribution in [0.25, 0.3) is 0 Å². The minimum Gasteiger partial charge on any atom is -0.357 e. The third kappa shape index (κ3) is 4.77. The summed E-state index contributed by atoms with van der Waals surface area (Å²) in [6.07, 6.45) is 3.74. The zero-order valence-corrected chi connectivity index (χ0v) is 13.6. The molecule has 2 aromatic rings. The van der Waals surface area contributed by atoms with Crippen molar-refractivity contribution in [1.29, 1.82) is 0 Å². The van der Waals surface area contributed by atoms with E-state index in [4.69, 9.17) is 0 Å². The van der Waals surface area contributed by atoms with Crippen LogP contribution >= 0.6 is 0 Å². The number of nitrogens with one attached hydrogen (secondary N) is 1. The highest BCUT2D eigenvalue weighted by Gasteiger charge is 2.09. The fourth-order valence-corrected chi connectivity index (χ4v) is 2.36. The van der Waals surface area contributed by atoms with Gasteiger partial charge in [-0.2, -0.15) is 0 Å². The molecule has 0 aliphatic heterocycles. The van der Waals surface area contributed by atoms with Gasteiger partial charge in [0.1, 0.15) is 11.6 Å². The molecule has 1 heterocycles. The van der Waals surface area contributed by atoms with Gasteiger partial charge in [0.15, 0.2) is 0 Å². The number of hydrogen-bond donors (Lipinski definition) is 1. The molecule has 1 aromatic carbocycles. The van der Waals surface area contributed by atoms with Crippen LogP contribution in [0.15, 0.2) is 42.6 Å². The van der Waals surface area contributed by atoms with E-state index < -0.39 is 5.82 Å². The predicted octanol–water partition coefficient (Wildman–Crippen LogP) is 4.10. The maximum absolute atomic E-state index is 13.2. The minimum absolute atomic E-state index is 0.285. The highest BCUT2D eigenvalue weighted by molar-refractivity contribution is 6.04. The maximum atomic E-state index is 13.2. The first-order chi connectivity index (χ1) is 11.1. The van der Waals surface area contributed by atoms with Crippen LogP contribution in [0.1, 0.15) is 37.0 Å². The first-order valence-corrected chi connectivity index (χ1v) is 7.92. The van der Waals surface area contributed by atoms with Gasteiger partial charge in [-0.15, -0.1) is 0 Å². The van der Waals surface area contributed by atoms with E-state index in [1.165, 1.54) is 18.2 Å². The molecule has 0 spiro atoms. The highest BCUT2D eigenvalue weighted by Crippen LogP contribution is 2.16. The van der Waals surface area contributed by atoms with Gasteiger partial charge in [0.25, 0.3) is 5.91 Å². The van der Waals surface area contributed by atoms with Crippen molar-refractivity contribution in [2.45, 2.75) is 26.7 Å². The van der Waals surface area contributed by atoms with Crippen molar-refractivity contribution >= 4 is 17.4 Å². The first kappa shape index (κ1) is 16.9. The smallest absolute Gasteiger partial charge is 0.255 e. The van der Waals surface area contributed by atoms with Crippen molar-refractivity contribution in [3.63, 3.8) is 0 Å². The molecule has 0 unspecified atom stereocenters. The van der Waals surface area contributed by atoms with Crippen molar-refractivity contribution in [3.05, 3.63) is 54.0 Å². The van der Waals surface area contributed by atoms with Crippen LogP contribution in [0.2, 0.25) is 0 Å². The summed E-state index contributed by atoms with van der Waals surface area (Å²) in [5.41, 5.74) is 0.878. The number of amides is 1. The number of carbonyl (C=O) groups is 1. The summed E-state index contributed by atoms with van der Waals surface area (Å²) in [6, 6.07) is 9.32. The van der Waals surface area contributed by atoms with Crippen LogP contribution in [0, 0.1) is 5.82 Å². The van der Waals surface area contributed by atoms with E-state index in [1.54, 1.807) is 12.3 Å². The monoisotopic (exact) mass is 315 g/mol. The molecular weight excluding hydrogens is 293 g/mol. The van der Waals surface area contributed by atoms with Gasteiger partial charge in [-0.05, 0) is 43.2 Å². The molecule has 1 N–H and O–H groups in total. The zero-order valence-electron chi connectivity index (χ0n) is 13.6. The van der Waals surface area contributed by atoms with Crippen LogP contribution in [-0.2, 0) is 0 Å². The third-order valence-corrected chi connectivity index (χ3v) is 3.40. The summed E-state index contributed by atoms with van der Waals surface area (Å²) in [6.45, 7) is 6.18. The second-order valence-electron chi connectivity index (χ2n) is 5.36. The minimum atomic E-state index is -0.430. The van der Waals surface area contributed by atoms with Crippen molar-refractivity contribution < 1.29 is 9.18 Å². The van der Waals surface area contributed by atoms with Gasteiger partial charge >= 0.3 is 0 Å². The van der Waals surface area contributed by atoms with Crippen molar-refractivity contribution in [2.75, 3.05) is 23.3 Å². The van der Waals surface area contributed by atoms with Gasteiger partial charge in [-0.1, -0.05) is 19.9 Å². The van der Waals surface area contributed by atoms with Crippen LogP contribution in [0.3, 0.4) is 0 Å². The summed E-state index contributed by atoms with van der Waals surface area (Å²) in [5.74, 6) is 0.122. The van der Waals surface area contributed by atoms with Gasteiger partial charge in [0.2, 0.25) is 0 Å². The van der Waals surface area contributed by atoms with E-state index in [1.807, 2.05) is 12.1 Å². The van der Waals surface area contributed by atoms with Gasteiger partial charge in [-0.25, -0.2) is 9.37 Å². The zero-order chi connectivity index (χ0) is 16.7. The SMILES string of the molecule is CCCN(CCC)c1ccc(NC(=O)c2cccc(F)c2)cn1. The summed E-state index contributed by atoms with van der Waals surface area (Å²) >= 11 is 0. The van der Waals surface area contributed by atoms with Crippen molar-refractivity contribution in [2.24, 2.45) is 0 Å². The lowest BCUT2D eigenvalue weighted by Crippen LogP contribution is -2.25. The Morgan fingerprint density at radius 1 is 1.17 bits per heavy atom. The van der Waals surface area contributed by atoms with Crippen molar-refractivity contribution in [1.82, 2.24) is 4.98 Å². The van der Waals surface area contributed by atoms with Crippen LogP contribution in [0.5, 0.6) is 0 Å². The van der Waals surface area contributed by atoms with Gasteiger partial charge in [0.05, 0.1) is 11.9 Å². The fourth-order valence-electron chi connectivity index (χ4n) is 2.36. The Morgan fingerprint density at radius 3 is 2.48 bits per heavy atom. The fraction of sp³-hybridized carbons (Fsp3) is 0.333. The lowest BCUT2D eigenvalue weighted by Gasteiger charge is -2.22. The maximum Gasteiger partial charge on any atom is 0.255 e. The Bertz CT molecular complexity index is 637. The normalized spacial score (nSPS) is 10.4. The molecule has 122 valence electrons. The summed E-state index contributed by atoms with van der Waals surface area (Å²) in [4.78, 5) is 18.7. The third-order valence-electron chi connectivity index (χ3n) is 3.40. The molecule has 0 aliphatic carbocycles. The average Bonchev–Trinajstić information content (AvgIpc) is 2.55. The number of halogens is 1. The van der Waals surface area contributed by atoms with E-state index >= 15 is 0 Å². The molecule has 0 saturated carbocycles. The Morgan fingerprint density at radius 2 is 1.91 bits per heavy atom. The summed E-state index contributed by atoms with van der Waals surface area (Å²) < 4.78 is 13.2. The van der Waals surface area contributed by atoms with Gasteiger partial charge in [0, 0.05) is 18.7 Å². The standard InChI is InChI=1S/C18H22FN3O/c1-3-10-22(11-4-2)17-9-8-16(13-20-17)21-18(23)14-6-5-7-15(19)12-14/h5-9,12-13H,3-4,10-11H2,1-2H3,(H,21,23). The van der Waals surface area contributed by atoms with E-state index in [9.17, 15) is 9.18 Å². The number of pyridine rings is 1. The molecule has 0 aliphatic rings. The first-order valence-electron chi connectivity index (χ1n) is 7.92. The molecule has 0 bridgehead atoms. The van der Waals surface area contributed by atoms with Gasteiger partial charge in [-0.3, -0.25) is 4.79 Å². The summed E-state index contributed by atoms with van der Waals surface area (Å²) in [5, 5.41) is 2.73. The molecule has 0 atom stereocenters.